The first-order chi connectivity index (χ1) is 9.30. The van der Waals surface area contributed by atoms with Gasteiger partial charge in [0, 0.05) is 17.8 Å². The minimum Gasteiger partial charge on any atom is -0.398 e. The number of sulfone groups is 1. The summed E-state index contributed by atoms with van der Waals surface area (Å²) in [6.45, 7) is 3.76. The van der Waals surface area contributed by atoms with Gasteiger partial charge in [-0.05, 0) is 48.2 Å². The van der Waals surface area contributed by atoms with Crippen LogP contribution in [0.2, 0.25) is 0 Å². The van der Waals surface area contributed by atoms with E-state index >= 15 is 0 Å². The number of hydrogen-bond donors (Lipinski definition) is 2. The number of benzene rings is 2. The SMILES string of the molecule is Cc1cc2c(cc1N)S(=O)(=O)c1cc(N)c(C)cc1C2. The highest BCUT2D eigenvalue weighted by atomic mass is 32.2. The number of nitrogen functional groups attached to an aromatic ring is 2. The quantitative estimate of drug-likeness (QED) is 0.621. The predicted molar refractivity (Wildman–Crippen MR) is 79.4 cm³/mol. The molecule has 0 amide bonds. The Morgan fingerprint density at radius 1 is 0.850 bits per heavy atom. The van der Waals surface area contributed by atoms with Gasteiger partial charge >= 0.3 is 0 Å². The summed E-state index contributed by atoms with van der Waals surface area (Å²) in [6, 6.07) is 6.83. The van der Waals surface area contributed by atoms with Gasteiger partial charge in [-0.2, -0.15) is 0 Å². The molecule has 1 aliphatic heterocycles. The number of hydrogen-bond acceptors (Lipinski definition) is 4. The molecule has 0 atom stereocenters. The fourth-order valence-electron chi connectivity index (χ4n) is 2.63. The van der Waals surface area contributed by atoms with Gasteiger partial charge in [0.2, 0.25) is 9.84 Å². The molecule has 0 bridgehead atoms. The van der Waals surface area contributed by atoms with Gasteiger partial charge in [0.05, 0.1) is 9.79 Å². The second-order valence-electron chi connectivity index (χ2n) is 5.31. The molecular weight excluding hydrogens is 272 g/mol. The Morgan fingerprint density at radius 3 is 1.65 bits per heavy atom. The van der Waals surface area contributed by atoms with Crippen LogP contribution in [-0.4, -0.2) is 8.42 Å². The Morgan fingerprint density at radius 2 is 1.25 bits per heavy atom. The lowest BCUT2D eigenvalue weighted by molar-refractivity contribution is 0.591. The van der Waals surface area contributed by atoms with E-state index < -0.39 is 9.84 Å². The Hall–Kier alpha value is -2.01. The number of nitrogens with two attached hydrogens (primary N) is 2. The fourth-order valence-corrected chi connectivity index (χ4v) is 4.38. The van der Waals surface area contributed by atoms with Crippen LogP contribution >= 0.6 is 0 Å². The summed E-state index contributed by atoms with van der Waals surface area (Å²) in [5.74, 6) is 0. The summed E-state index contributed by atoms with van der Waals surface area (Å²) in [6.07, 6.45) is 0.589. The average Bonchev–Trinajstić information content (AvgIpc) is 2.35. The second kappa shape index (κ2) is 3.99. The Kier molecular flexibility index (Phi) is 2.59. The second-order valence-corrected chi connectivity index (χ2v) is 7.20. The van der Waals surface area contributed by atoms with Crippen LogP contribution in [0.3, 0.4) is 0 Å². The molecule has 0 fully saturated rings. The van der Waals surface area contributed by atoms with Gasteiger partial charge in [0.15, 0.2) is 0 Å². The molecule has 0 unspecified atom stereocenters. The van der Waals surface area contributed by atoms with Crippen LogP contribution in [0, 0.1) is 13.8 Å². The van der Waals surface area contributed by atoms with E-state index in [0.717, 1.165) is 22.3 Å². The van der Waals surface area contributed by atoms with Crippen LogP contribution in [0.1, 0.15) is 22.3 Å². The van der Waals surface area contributed by atoms with E-state index in [9.17, 15) is 8.42 Å². The standard InChI is InChI=1S/C15H16N2O2S/c1-8-3-10-5-11-4-9(2)13(17)7-15(11)20(18,19)14(10)6-12(8)16/h3-4,6-7H,5,16-17H2,1-2H3. The molecule has 0 aromatic heterocycles. The van der Waals surface area contributed by atoms with E-state index in [-0.39, 0.29) is 0 Å². The van der Waals surface area contributed by atoms with Gasteiger partial charge in [-0.25, -0.2) is 8.42 Å². The molecule has 0 spiro atoms. The van der Waals surface area contributed by atoms with E-state index in [0.29, 0.717) is 27.6 Å². The molecule has 1 aliphatic rings. The average molecular weight is 288 g/mol. The zero-order valence-corrected chi connectivity index (χ0v) is 12.2. The lowest BCUT2D eigenvalue weighted by Gasteiger charge is -2.22. The molecule has 4 nitrogen and oxygen atoms in total. The highest BCUT2D eigenvalue weighted by Gasteiger charge is 2.30. The van der Waals surface area contributed by atoms with Crippen LogP contribution in [0.4, 0.5) is 11.4 Å². The van der Waals surface area contributed by atoms with Crippen molar-refractivity contribution in [1.82, 2.24) is 0 Å². The van der Waals surface area contributed by atoms with E-state index in [4.69, 9.17) is 11.5 Å². The first kappa shape index (κ1) is 13.0. The van der Waals surface area contributed by atoms with Crippen molar-refractivity contribution >= 4 is 21.2 Å². The first-order valence-corrected chi connectivity index (χ1v) is 7.82. The van der Waals surface area contributed by atoms with Crippen molar-refractivity contribution in [3.63, 3.8) is 0 Å². The lowest BCUT2D eigenvalue weighted by Crippen LogP contribution is -2.16. The topological polar surface area (TPSA) is 86.2 Å². The number of anilines is 2. The summed E-state index contributed by atoms with van der Waals surface area (Å²) in [7, 11) is -3.54. The zero-order chi connectivity index (χ0) is 14.7. The van der Waals surface area contributed by atoms with Gasteiger partial charge in [0.1, 0.15) is 0 Å². The summed E-state index contributed by atoms with van der Waals surface area (Å²) < 4.78 is 25.4. The normalized spacial score (nSPS) is 15.5. The first-order valence-electron chi connectivity index (χ1n) is 6.34. The largest absolute Gasteiger partial charge is 0.398 e. The Bertz CT molecular complexity index is 776. The molecule has 2 aromatic carbocycles. The minimum absolute atomic E-state index is 0.302. The maximum atomic E-state index is 12.7. The fraction of sp³-hybridized carbons (Fsp3) is 0.200. The van der Waals surface area contributed by atoms with Crippen molar-refractivity contribution in [2.45, 2.75) is 30.1 Å². The van der Waals surface area contributed by atoms with Crippen LogP contribution in [0.25, 0.3) is 0 Å². The third-order valence-corrected chi connectivity index (χ3v) is 5.78. The van der Waals surface area contributed by atoms with Gasteiger partial charge in [-0.3, -0.25) is 0 Å². The molecule has 2 aromatic rings. The van der Waals surface area contributed by atoms with Crippen molar-refractivity contribution in [3.05, 3.63) is 46.5 Å². The van der Waals surface area contributed by atoms with Crippen LogP contribution in [-0.2, 0) is 16.3 Å². The van der Waals surface area contributed by atoms with Crippen LogP contribution < -0.4 is 11.5 Å². The van der Waals surface area contributed by atoms with Gasteiger partial charge in [-0.15, -0.1) is 0 Å². The van der Waals surface area contributed by atoms with E-state index in [1.807, 2.05) is 26.0 Å². The van der Waals surface area contributed by atoms with E-state index in [1.165, 1.54) is 0 Å². The van der Waals surface area contributed by atoms with E-state index in [2.05, 4.69) is 0 Å². The summed E-state index contributed by atoms with van der Waals surface area (Å²) in [5, 5.41) is 0. The third-order valence-electron chi connectivity index (χ3n) is 3.86. The lowest BCUT2D eigenvalue weighted by atomic mass is 9.99. The monoisotopic (exact) mass is 288 g/mol. The van der Waals surface area contributed by atoms with Crippen LogP contribution in [0.5, 0.6) is 0 Å². The van der Waals surface area contributed by atoms with Crippen molar-refractivity contribution < 1.29 is 8.42 Å². The molecule has 5 heteroatoms. The smallest absolute Gasteiger partial charge is 0.207 e. The van der Waals surface area contributed by atoms with Crippen molar-refractivity contribution in [3.8, 4) is 0 Å². The summed E-state index contributed by atoms with van der Waals surface area (Å²) in [4.78, 5) is 0.604. The van der Waals surface area contributed by atoms with Crippen molar-refractivity contribution in [1.29, 1.82) is 0 Å². The Balaban J connectivity index is 2.35. The maximum absolute atomic E-state index is 12.7. The number of aryl methyl sites for hydroxylation is 2. The van der Waals surface area contributed by atoms with Crippen molar-refractivity contribution in [2.75, 3.05) is 11.5 Å². The van der Waals surface area contributed by atoms with Gasteiger partial charge in [-0.1, -0.05) is 12.1 Å². The van der Waals surface area contributed by atoms with Gasteiger partial charge in [0.25, 0.3) is 0 Å². The maximum Gasteiger partial charge on any atom is 0.207 e. The number of rotatable bonds is 0. The highest BCUT2D eigenvalue weighted by molar-refractivity contribution is 7.91. The molecule has 0 saturated carbocycles. The van der Waals surface area contributed by atoms with Crippen molar-refractivity contribution in [2.24, 2.45) is 0 Å². The molecule has 0 radical (unpaired) electrons. The molecule has 20 heavy (non-hydrogen) atoms. The molecule has 0 saturated heterocycles. The zero-order valence-electron chi connectivity index (χ0n) is 11.4. The summed E-state index contributed by atoms with van der Waals surface area (Å²) >= 11 is 0. The third kappa shape index (κ3) is 1.70. The molecule has 0 aliphatic carbocycles. The molecule has 1 heterocycles. The number of fused-ring (bicyclic) bond motifs is 2. The van der Waals surface area contributed by atoms with E-state index in [1.54, 1.807) is 12.1 Å². The molecule has 4 N–H and O–H groups in total. The van der Waals surface area contributed by atoms with Crippen LogP contribution in [0.15, 0.2) is 34.1 Å². The minimum atomic E-state index is -3.54. The molecular formula is C15H16N2O2S. The Labute approximate surface area is 118 Å². The molecule has 3 rings (SSSR count). The highest BCUT2D eigenvalue weighted by Crippen LogP contribution is 2.38. The summed E-state index contributed by atoms with van der Waals surface area (Å²) in [5.41, 5.74) is 16.1. The van der Waals surface area contributed by atoms with Gasteiger partial charge < -0.3 is 11.5 Å². The molecule has 104 valence electrons. The predicted octanol–water partition coefficient (Wildman–Crippen LogP) is 2.20.